The average Bonchev–Trinajstić information content (AvgIpc) is 2.92. The van der Waals surface area contributed by atoms with Crippen molar-refractivity contribution in [2.45, 2.75) is 33.1 Å². The SMILES string of the molecule is CC(=O)SCC1CC(=O)N(c2noc(C(C)C)n2)C1. The molecule has 1 unspecified atom stereocenters. The van der Waals surface area contributed by atoms with Gasteiger partial charge in [-0.25, -0.2) is 0 Å². The second-order valence-electron chi connectivity index (χ2n) is 4.96. The molecule has 2 rings (SSSR count). The maximum atomic E-state index is 11.9. The fourth-order valence-corrected chi connectivity index (χ4v) is 2.59. The molecule has 1 saturated heterocycles. The van der Waals surface area contributed by atoms with Gasteiger partial charge in [-0.2, -0.15) is 4.98 Å². The molecule has 1 aliphatic rings. The monoisotopic (exact) mass is 283 g/mol. The van der Waals surface area contributed by atoms with Gasteiger partial charge in [-0.05, 0) is 11.1 Å². The lowest BCUT2D eigenvalue weighted by Gasteiger charge is -2.10. The first-order chi connectivity index (χ1) is 8.97. The first-order valence-electron chi connectivity index (χ1n) is 6.24. The quantitative estimate of drug-likeness (QED) is 0.839. The molecule has 1 atom stereocenters. The minimum absolute atomic E-state index is 0.00902. The molecule has 104 valence electrons. The zero-order chi connectivity index (χ0) is 14.0. The second-order valence-corrected chi connectivity index (χ2v) is 6.16. The summed E-state index contributed by atoms with van der Waals surface area (Å²) in [5.74, 6) is 1.83. The lowest BCUT2D eigenvalue weighted by atomic mass is 10.1. The molecule has 1 fully saturated rings. The van der Waals surface area contributed by atoms with Crippen LogP contribution in [0.25, 0.3) is 0 Å². The van der Waals surface area contributed by atoms with Crippen LogP contribution in [-0.4, -0.2) is 33.5 Å². The summed E-state index contributed by atoms with van der Waals surface area (Å²) in [6.45, 7) is 5.99. The van der Waals surface area contributed by atoms with E-state index in [0.717, 1.165) is 0 Å². The van der Waals surface area contributed by atoms with Gasteiger partial charge in [0.2, 0.25) is 11.8 Å². The Balaban J connectivity index is 2.00. The summed E-state index contributed by atoms with van der Waals surface area (Å²) in [7, 11) is 0. The number of thioether (sulfide) groups is 1. The van der Waals surface area contributed by atoms with Gasteiger partial charge in [-0.1, -0.05) is 25.6 Å². The predicted molar refractivity (Wildman–Crippen MR) is 72.0 cm³/mol. The van der Waals surface area contributed by atoms with Crippen molar-refractivity contribution in [2.75, 3.05) is 17.2 Å². The van der Waals surface area contributed by atoms with Gasteiger partial charge < -0.3 is 4.52 Å². The highest BCUT2D eigenvalue weighted by molar-refractivity contribution is 8.13. The van der Waals surface area contributed by atoms with Crippen molar-refractivity contribution in [3.8, 4) is 0 Å². The van der Waals surface area contributed by atoms with Crippen LogP contribution in [-0.2, 0) is 9.59 Å². The van der Waals surface area contributed by atoms with E-state index in [1.807, 2.05) is 13.8 Å². The normalized spacial score (nSPS) is 19.5. The molecule has 6 nitrogen and oxygen atoms in total. The molecule has 0 aromatic carbocycles. The van der Waals surface area contributed by atoms with Gasteiger partial charge in [-0.15, -0.1) is 0 Å². The van der Waals surface area contributed by atoms with E-state index >= 15 is 0 Å². The zero-order valence-electron chi connectivity index (χ0n) is 11.3. The fourth-order valence-electron chi connectivity index (χ4n) is 1.89. The van der Waals surface area contributed by atoms with Gasteiger partial charge in [0.15, 0.2) is 5.12 Å². The van der Waals surface area contributed by atoms with Gasteiger partial charge >= 0.3 is 0 Å². The van der Waals surface area contributed by atoms with E-state index < -0.39 is 0 Å². The van der Waals surface area contributed by atoms with Gasteiger partial charge in [0.1, 0.15) is 0 Å². The molecule has 1 amide bonds. The van der Waals surface area contributed by atoms with E-state index in [1.165, 1.54) is 18.7 Å². The van der Waals surface area contributed by atoms with Gasteiger partial charge in [0, 0.05) is 31.6 Å². The van der Waals surface area contributed by atoms with E-state index in [-0.39, 0.29) is 22.9 Å². The maximum Gasteiger partial charge on any atom is 0.272 e. The standard InChI is InChI=1S/C12H17N3O3S/c1-7(2)11-13-12(14-18-11)15-5-9(4-10(15)17)6-19-8(3)16/h7,9H,4-6H2,1-3H3. The van der Waals surface area contributed by atoms with Crippen molar-refractivity contribution in [1.29, 1.82) is 0 Å². The average molecular weight is 283 g/mol. The number of amides is 1. The molecule has 0 bridgehead atoms. The van der Waals surface area contributed by atoms with Crippen molar-refractivity contribution in [2.24, 2.45) is 5.92 Å². The number of carbonyl (C=O) groups excluding carboxylic acids is 2. The summed E-state index contributed by atoms with van der Waals surface area (Å²) in [5, 5.41) is 3.92. The molecule has 1 aromatic rings. The highest BCUT2D eigenvalue weighted by atomic mass is 32.2. The predicted octanol–water partition coefficient (Wildman–Crippen LogP) is 1.83. The molecule has 0 spiro atoms. The summed E-state index contributed by atoms with van der Waals surface area (Å²) in [6, 6.07) is 0. The Hall–Kier alpha value is -1.37. The van der Waals surface area contributed by atoms with Gasteiger partial charge in [-0.3, -0.25) is 14.5 Å². The third kappa shape index (κ3) is 3.34. The van der Waals surface area contributed by atoms with Crippen molar-refractivity contribution in [3.05, 3.63) is 5.89 Å². The van der Waals surface area contributed by atoms with Crippen LogP contribution in [0.1, 0.15) is 39.0 Å². The van der Waals surface area contributed by atoms with Crippen LogP contribution in [0.2, 0.25) is 0 Å². The number of rotatable bonds is 4. The third-order valence-corrected chi connectivity index (χ3v) is 3.94. The third-order valence-electron chi connectivity index (χ3n) is 2.89. The number of hydrogen-bond donors (Lipinski definition) is 0. The summed E-state index contributed by atoms with van der Waals surface area (Å²) in [6.07, 6.45) is 0.436. The minimum Gasteiger partial charge on any atom is -0.337 e. The molecular weight excluding hydrogens is 266 g/mol. The van der Waals surface area contributed by atoms with Crippen LogP contribution in [0, 0.1) is 5.92 Å². The smallest absolute Gasteiger partial charge is 0.272 e. The van der Waals surface area contributed by atoms with Crippen LogP contribution in [0.4, 0.5) is 5.95 Å². The Morgan fingerprint density at radius 1 is 1.58 bits per heavy atom. The van der Waals surface area contributed by atoms with Crippen LogP contribution in [0.15, 0.2) is 4.52 Å². The summed E-state index contributed by atoms with van der Waals surface area (Å²) < 4.78 is 5.11. The van der Waals surface area contributed by atoms with Gasteiger partial charge in [0.25, 0.3) is 5.95 Å². The maximum absolute atomic E-state index is 11.9. The Morgan fingerprint density at radius 3 is 2.89 bits per heavy atom. The molecule has 1 aliphatic heterocycles. The van der Waals surface area contributed by atoms with E-state index in [4.69, 9.17) is 4.52 Å². The minimum atomic E-state index is -0.00902. The summed E-state index contributed by atoms with van der Waals surface area (Å²) in [4.78, 5) is 28.6. The Bertz CT molecular complexity index is 486. The highest BCUT2D eigenvalue weighted by Gasteiger charge is 2.33. The fraction of sp³-hybridized carbons (Fsp3) is 0.667. The van der Waals surface area contributed by atoms with Crippen LogP contribution >= 0.6 is 11.8 Å². The highest BCUT2D eigenvalue weighted by Crippen LogP contribution is 2.26. The van der Waals surface area contributed by atoms with E-state index in [2.05, 4.69) is 10.1 Å². The van der Waals surface area contributed by atoms with E-state index in [1.54, 1.807) is 4.90 Å². The Labute approximate surface area is 115 Å². The first-order valence-corrected chi connectivity index (χ1v) is 7.23. The van der Waals surface area contributed by atoms with Crippen molar-refractivity contribution in [3.63, 3.8) is 0 Å². The number of hydrogen-bond acceptors (Lipinski definition) is 6. The van der Waals surface area contributed by atoms with Crippen LogP contribution in [0.3, 0.4) is 0 Å². The summed E-state index contributed by atoms with van der Waals surface area (Å²) >= 11 is 1.26. The Kier molecular flexibility index (Phi) is 4.24. The lowest BCUT2D eigenvalue weighted by molar-refractivity contribution is -0.117. The van der Waals surface area contributed by atoms with E-state index in [9.17, 15) is 9.59 Å². The number of nitrogens with zero attached hydrogens (tertiary/aromatic N) is 3. The van der Waals surface area contributed by atoms with Crippen LogP contribution < -0.4 is 4.90 Å². The second kappa shape index (κ2) is 5.73. The topological polar surface area (TPSA) is 76.3 Å². The van der Waals surface area contributed by atoms with Gasteiger partial charge in [0.05, 0.1) is 0 Å². The van der Waals surface area contributed by atoms with Crippen molar-refractivity contribution < 1.29 is 14.1 Å². The number of carbonyl (C=O) groups is 2. The molecule has 2 heterocycles. The zero-order valence-corrected chi connectivity index (χ0v) is 12.1. The molecule has 0 radical (unpaired) electrons. The summed E-state index contributed by atoms with van der Waals surface area (Å²) in [5.41, 5.74) is 0. The molecule has 1 aromatic heterocycles. The molecule has 0 N–H and O–H groups in total. The Morgan fingerprint density at radius 2 is 2.32 bits per heavy atom. The van der Waals surface area contributed by atoms with Crippen LogP contribution in [0.5, 0.6) is 0 Å². The molecule has 19 heavy (non-hydrogen) atoms. The molecular formula is C12H17N3O3S. The largest absolute Gasteiger partial charge is 0.337 e. The number of anilines is 1. The first kappa shape index (κ1) is 14.0. The number of aromatic nitrogens is 2. The lowest BCUT2D eigenvalue weighted by Crippen LogP contribution is -2.26. The molecule has 0 saturated carbocycles. The van der Waals surface area contributed by atoms with Crippen molar-refractivity contribution >= 4 is 28.7 Å². The van der Waals surface area contributed by atoms with Crippen molar-refractivity contribution in [1.82, 2.24) is 10.1 Å². The molecule has 7 heteroatoms. The molecule has 0 aliphatic carbocycles. The van der Waals surface area contributed by atoms with E-state index in [0.29, 0.717) is 30.6 Å².